The zero-order chi connectivity index (χ0) is 35.8. The van der Waals surface area contributed by atoms with E-state index in [4.69, 9.17) is 4.42 Å². The molecular weight excluding hydrogens is 655 g/mol. The molecule has 0 saturated carbocycles. The number of fused-ring (bicyclic) bond motifs is 5. The Balaban J connectivity index is 1.14. The van der Waals surface area contributed by atoms with Crippen LogP contribution in [0.1, 0.15) is 0 Å². The van der Waals surface area contributed by atoms with E-state index < -0.39 is 0 Å². The molecule has 1 heterocycles. The summed E-state index contributed by atoms with van der Waals surface area (Å²) in [5.41, 5.74) is 14.3. The van der Waals surface area contributed by atoms with Crippen molar-refractivity contribution in [1.29, 1.82) is 0 Å². The van der Waals surface area contributed by atoms with Crippen molar-refractivity contribution >= 4 is 49.8 Å². The Labute approximate surface area is 314 Å². The first-order valence-electron chi connectivity index (χ1n) is 18.4. The van der Waals surface area contributed by atoms with Crippen LogP contribution in [0, 0.1) is 0 Å². The normalized spacial score (nSPS) is 11.3. The van der Waals surface area contributed by atoms with Crippen molar-refractivity contribution in [2.45, 2.75) is 0 Å². The molecule has 0 bridgehead atoms. The Hall–Kier alpha value is -7.16. The number of hydrogen-bond donors (Lipinski definition) is 0. The van der Waals surface area contributed by atoms with E-state index in [9.17, 15) is 0 Å². The lowest BCUT2D eigenvalue weighted by atomic mass is 9.97. The average Bonchev–Trinajstić information content (AvgIpc) is 3.65. The largest absolute Gasteiger partial charge is 0.455 e. The molecule has 0 atom stereocenters. The lowest BCUT2D eigenvalue weighted by Crippen LogP contribution is -2.11. The summed E-state index contributed by atoms with van der Waals surface area (Å²) in [6.07, 6.45) is 0. The Morgan fingerprint density at radius 2 is 0.833 bits per heavy atom. The summed E-state index contributed by atoms with van der Waals surface area (Å²) in [4.78, 5) is 2.38. The Morgan fingerprint density at radius 1 is 0.296 bits per heavy atom. The van der Waals surface area contributed by atoms with Gasteiger partial charge in [-0.15, -0.1) is 0 Å². The minimum Gasteiger partial charge on any atom is -0.455 e. The van der Waals surface area contributed by atoms with Crippen LogP contribution >= 0.6 is 0 Å². The first-order valence-corrected chi connectivity index (χ1v) is 18.4. The predicted octanol–water partition coefficient (Wildman–Crippen LogP) is 14.9. The molecule has 0 saturated heterocycles. The molecule has 0 aliphatic rings. The van der Waals surface area contributed by atoms with E-state index in [0.29, 0.717) is 0 Å². The zero-order valence-electron chi connectivity index (χ0n) is 29.6. The number of furan rings is 1. The fraction of sp³-hybridized carbons (Fsp3) is 0. The van der Waals surface area contributed by atoms with E-state index in [1.165, 1.54) is 33.2 Å². The molecule has 2 nitrogen and oxygen atoms in total. The molecule has 9 aromatic carbocycles. The van der Waals surface area contributed by atoms with Gasteiger partial charge >= 0.3 is 0 Å². The second-order valence-electron chi connectivity index (χ2n) is 13.7. The second kappa shape index (κ2) is 13.4. The Bertz CT molecular complexity index is 2920. The summed E-state index contributed by atoms with van der Waals surface area (Å²) < 4.78 is 6.86. The van der Waals surface area contributed by atoms with Gasteiger partial charge in [0.2, 0.25) is 0 Å². The molecular formula is C52H35NO. The van der Waals surface area contributed by atoms with Gasteiger partial charge in [0, 0.05) is 38.7 Å². The van der Waals surface area contributed by atoms with Crippen LogP contribution in [-0.4, -0.2) is 0 Å². The summed E-state index contributed by atoms with van der Waals surface area (Å²) in [6, 6.07) is 75.8. The van der Waals surface area contributed by atoms with Crippen LogP contribution in [0.15, 0.2) is 217 Å². The Morgan fingerprint density at radius 3 is 1.59 bits per heavy atom. The highest BCUT2D eigenvalue weighted by Crippen LogP contribution is 2.45. The van der Waals surface area contributed by atoms with Gasteiger partial charge in [-0.25, -0.2) is 0 Å². The molecule has 2 heteroatoms. The van der Waals surface area contributed by atoms with Gasteiger partial charge in [0.15, 0.2) is 0 Å². The summed E-state index contributed by atoms with van der Waals surface area (Å²) >= 11 is 0. The minimum absolute atomic E-state index is 0.892. The topological polar surface area (TPSA) is 16.4 Å². The predicted molar refractivity (Wildman–Crippen MR) is 228 cm³/mol. The average molecular weight is 690 g/mol. The molecule has 0 spiro atoms. The highest BCUT2D eigenvalue weighted by Gasteiger charge is 2.21. The van der Waals surface area contributed by atoms with Gasteiger partial charge in [-0.2, -0.15) is 0 Å². The molecule has 10 rings (SSSR count). The number of rotatable bonds is 7. The lowest BCUT2D eigenvalue weighted by molar-refractivity contribution is 0.674. The van der Waals surface area contributed by atoms with Crippen LogP contribution in [0.25, 0.3) is 77.2 Å². The molecule has 0 unspecified atom stereocenters. The van der Waals surface area contributed by atoms with Gasteiger partial charge in [-0.3, -0.25) is 0 Å². The zero-order valence-corrected chi connectivity index (χ0v) is 29.6. The maximum absolute atomic E-state index is 6.86. The highest BCUT2D eigenvalue weighted by atomic mass is 16.3. The smallest absolute Gasteiger partial charge is 0.143 e. The van der Waals surface area contributed by atoms with Crippen LogP contribution < -0.4 is 4.90 Å². The van der Waals surface area contributed by atoms with Crippen molar-refractivity contribution in [3.8, 4) is 44.5 Å². The second-order valence-corrected chi connectivity index (χ2v) is 13.7. The Kier molecular flexibility index (Phi) is 7.85. The number of para-hydroxylation sites is 2. The summed E-state index contributed by atoms with van der Waals surface area (Å²) in [5.74, 6) is 0. The lowest BCUT2D eigenvalue weighted by Gasteiger charge is -2.28. The molecule has 0 aliphatic carbocycles. The molecule has 0 fully saturated rings. The van der Waals surface area contributed by atoms with Crippen molar-refractivity contribution in [3.05, 3.63) is 212 Å². The monoisotopic (exact) mass is 689 g/mol. The molecule has 10 aromatic rings. The van der Waals surface area contributed by atoms with Crippen molar-refractivity contribution in [1.82, 2.24) is 0 Å². The van der Waals surface area contributed by atoms with Gasteiger partial charge in [-0.1, -0.05) is 170 Å². The maximum Gasteiger partial charge on any atom is 0.143 e. The van der Waals surface area contributed by atoms with E-state index >= 15 is 0 Å². The van der Waals surface area contributed by atoms with Gasteiger partial charge in [-0.05, 0) is 81.2 Å². The number of hydrogen-bond acceptors (Lipinski definition) is 2. The van der Waals surface area contributed by atoms with Crippen molar-refractivity contribution in [3.63, 3.8) is 0 Å². The van der Waals surface area contributed by atoms with Crippen LogP contribution in [0.2, 0.25) is 0 Å². The molecule has 54 heavy (non-hydrogen) atoms. The molecule has 254 valence electrons. The third-order valence-electron chi connectivity index (χ3n) is 10.5. The SMILES string of the molecule is c1ccc(-c2cccc(-c3ccc(N(c4cccc(-c5ccccc5)c4)c4ccccc4-c4cccc5c4oc4c6ccccc6ccc54)cc3)c2)cc1. The third kappa shape index (κ3) is 5.62. The third-order valence-corrected chi connectivity index (χ3v) is 10.5. The van der Waals surface area contributed by atoms with E-state index in [-0.39, 0.29) is 0 Å². The van der Waals surface area contributed by atoms with Crippen LogP contribution in [0.3, 0.4) is 0 Å². The highest BCUT2D eigenvalue weighted by molar-refractivity contribution is 6.17. The molecule has 1 aromatic heterocycles. The summed E-state index contributed by atoms with van der Waals surface area (Å²) in [5, 5.41) is 4.54. The van der Waals surface area contributed by atoms with E-state index in [1.54, 1.807) is 0 Å². The van der Waals surface area contributed by atoms with E-state index in [0.717, 1.165) is 61.1 Å². The van der Waals surface area contributed by atoms with Gasteiger partial charge in [0.05, 0.1) is 5.69 Å². The minimum atomic E-state index is 0.892. The number of anilines is 3. The first kappa shape index (κ1) is 31.6. The van der Waals surface area contributed by atoms with Gasteiger partial charge < -0.3 is 9.32 Å². The maximum atomic E-state index is 6.86. The van der Waals surface area contributed by atoms with Crippen LogP contribution in [-0.2, 0) is 0 Å². The summed E-state index contributed by atoms with van der Waals surface area (Å²) in [7, 11) is 0. The summed E-state index contributed by atoms with van der Waals surface area (Å²) in [6.45, 7) is 0. The van der Waals surface area contributed by atoms with Gasteiger partial charge in [0.1, 0.15) is 11.2 Å². The van der Waals surface area contributed by atoms with Crippen molar-refractivity contribution in [2.24, 2.45) is 0 Å². The van der Waals surface area contributed by atoms with Crippen LogP contribution in [0.5, 0.6) is 0 Å². The standard InChI is InChI=1S/C52H35NO/c1-3-14-36(15-4-1)40-19-11-20-41(34-40)38-28-31-43(32-29-38)53(44-22-12-21-42(35-44)37-16-5-2-6-17-37)50-27-10-9-24-46(50)47-25-13-26-48-49-33-30-39-18-7-8-23-45(39)51(49)54-52(47)48/h1-35H. The van der Waals surface area contributed by atoms with Crippen molar-refractivity contribution in [2.75, 3.05) is 4.90 Å². The van der Waals surface area contributed by atoms with E-state index in [1.807, 2.05) is 0 Å². The van der Waals surface area contributed by atoms with Gasteiger partial charge in [0.25, 0.3) is 0 Å². The first-order chi connectivity index (χ1) is 26.8. The number of benzene rings is 9. The molecule has 0 aliphatic heterocycles. The fourth-order valence-electron chi connectivity index (χ4n) is 7.83. The van der Waals surface area contributed by atoms with E-state index in [2.05, 4.69) is 217 Å². The molecule has 0 amide bonds. The van der Waals surface area contributed by atoms with Crippen LogP contribution in [0.4, 0.5) is 17.1 Å². The molecule has 0 N–H and O–H groups in total. The molecule has 0 radical (unpaired) electrons. The number of nitrogens with zero attached hydrogens (tertiary/aromatic N) is 1. The fourth-order valence-corrected chi connectivity index (χ4v) is 7.83. The van der Waals surface area contributed by atoms with Crippen molar-refractivity contribution < 1.29 is 4.42 Å². The quantitative estimate of drug-likeness (QED) is 0.166.